The summed E-state index contributed by atoms with van der Waals surface area (Å²) in [4.78, 5) is 21.2. The van der Waals surface area contributed by atoms with Crippen LogP contribution in [-0.4, -0.2) is 41.3 Å². The van der Waals surface area contributed by atoms with E-state index >= 15 is 0 Å². The highest BCUT2D eigenvalue weighted by atomic mass is 35.5. The largest absolute Gasteiger partial charge is 0.441 e. The van der Waals surface area contributed by atoms with Crippen LogP contribution in [0.5, 0.6) is 0 Å². The molecule has 8 heteroatoms. The van der Waals surface area contributed by atoms with Gasteiger partial charge in [0.25, 0.3) is 0 Å². The van der Waals surface area contributed by atoms with Gasteiger partial charge < -0.3 is 25.7 Å². The van der Waals surface area contributed by atoms with Gasteiger partial charge in [0.15, 0.2) is 0 Å². The zero-order valence-electron chi connectivity index (χ0n) is 15.2. The van der Waals surface area contributed by atoms with Crippen molar-refractivity contribution in [2.45, 2.75) is 18.4 Å². The molecule has 1 amide bonds. The first-order valence-electron chi connectivity index (χ1n) is 9.28. The molecule has 4 N–H and O–H groups in total. The average molecular weight is 398 g/mol. The topological polar surface area (TPSA) is 96.3 Å². The van der Waals surface area contributed by atoms with Gasteiger partial charge in [0.1, 0.15) is 16.4 Å². The summed E-state index contributed by atoms with van der Waals surface area (Å²) >= 11 is 6.62. The molecule has 2 aliphatic heterocycles. The molecule has 5 rings (SSSR count). The zero-order valence-corrected chi connectivity index (χ0v) is 15.9. The summed E-state index contributed by atoms with van der Waals surface area (Å²) in [6.45, 7) is 1.99. The Morgan fingerprint density at radius 1 is 1.25 bits per heavy atom. The number of anilines is 2. The summed E-state index contributed by atoms with van der Waals surface area (Å²) in [6, 6.07) is 8.27. The lowest BCUT2D eigenvalue weighted by molar-refractivity contribution is 0.0367. The zero-order chi connectivity index (χ0) is 19.3. The number of nitrogens with zero attached hydrogens (tertiary/aromatic N) is 2. The maximum absolute atomic E-state index is 11.5. The summed E-state index contributed by atoms with van der Waals surface area (Å²) in [5.41, 5.74) is 9.51. The number of pyridine rings is 1. The van der Waals surface area contributed by atoms with Crippen LogP contribution in [0.25, 0.3) is 22.0 Å². The van der Waals surface area contributed by atoms with Crippen LogP contribution in [0, 0.1) is 0 Å². The molecule has 0 bridgehead atoms. The second kappa shape index (κ2) is 6.31. The standard InChI is InChI=1S/C20H20ClN5O2/c21-16-17(26-7-4-20(5-8-26)11-25-19(27)28-20)14(10-24-18(16)22)13-2-1-12-3-6-23-15(12)9-13/h1-3,6,9-10,23H,4-5,7-8,11H2,(H2,22,24)(H,25,27). The van der Waals surface area contributed by atoms with Crippen LogP contribution in [0.3, 0.4) is 0 Å². The van der Waals surface area contributed by atoms with E-state index in [-0.39, 0.29) is 6.09 Å². The minimum Gasteiger partial charge on any atom is -0.441 e. The van der Waals surface area contributed by atoms with E-state index in [9.17, 15) is 4.79 Å². The van der Waals surface area contributed by atoms with Crippen LogP contribution in [0.2, 0.25) is 5.02 Å². The first-order valence-corrected chi connectivity index (χ1v) is 9.66. The van der Waals surface area contributed by atoms with Gasteiger partial charge in [-0.1, -0.05) is 23.7 Å². The highest BCUT2D eigenvalue weighted by Gasteiger charge is 2.43. The number of piperidine rings is 1. The third-order valence-corrected chi connectivity index (χ3v) is 6.11. The number of benzene rings is 1. The molecule has 7 nitrogen and oxygen atoms in total. The number of ether oxygens (including phenoxy) is 1. The smallest absolute Gasteiger partial charge is 0.407 e. The Bertz CT molecular complexity index is 1070. The molecule has 0 saturated carbocycles. The molecule has 2 aromatic heterocycles. The Balaban J connectivity index is 1.52. The number of carbonyl (C=O) groups excluding carboxylic acids is 1. The number of aromatic nitrogens is 2. The molecule has 0 atom stereocenters. The third-order valence-electron chi connectivity index (χ3n) is 5.74. The number of nitrogens with one attached hydrogen (secondary N) is 2. The van der Waals surface area contributed by atoms with Crippen molar-refractivity contribution >= 4 is 40.1 Å². The molecule has 144 valence electrons. The van der Waals surface area contributed by atoms with E-state index in [1.54, 1.807) is 6.20 Å². The van der Waals surface area contributed by atoms with Gasteiger partial charge in [-0.3, -0.25) is 0 Å². The maximum Gasteiger partial charge on any atom is 0.407 e. The number of carbonyl (C=O) groups is 1. The molecule has 3 aromatic rings. The highest BCUT2D eigenvalue weighted by molar-refractivity contribution is 6.36. The Kier molecular flexibility index (Phi) is 3.87. The Labute approximate surface area is 166 Å². The van der Waals surface area contributed by atoms with Gasteiger partial charge in [-0.05, 0) is 23.1 Å². The summed E-state index contributed by atoms with van der Waals surface area (Å²) in [6.07, 6.45) is 4.84. The van der Waals surface area contributed by atoms with E-state index in [2.05, 4.69) is 38.4 Å². The molecule has 4 heterocycles. The predicted molar refractivity (Wildman–Crippen MR) is 110 cm³/mol. The average Bonchev–Trinajstić information content (AvgIpc) is 3.31. The minimum absolute atomic E-state index is 0.315. The number of hydrogen-bond donors (Lipinski definition) is 3. The molecule has 28 heavy (non-hydrogen) atoms. The van der Waals surface area contributed by atoms with Crippen LogP contribution in [0.4, 0.5) is 16.3 Å². The van der Waals surface area contributed by atoms with Crippen molar-refractivity contribution in [1.29, 1.82) is 0 Å². The molecular weight excluding hydrogens is 378 g/mol. The van der Waals surface area contributed by atoms with E-state index in [1.165, 1.54) is 0 Å². The minimum atomic E-state index is -0.415. The van der Waals surface area contributed by atoms with E-state index in [0.717, 1.165) is 53.6 Å². The van der Waals surface area contributed by atoms with Gasteiger partial charge in [-0.2, -0.15) is 0 Å². The Morgan fingerprint density at radius 2 is 2.07 bits per heavy atom. The number of nitrogen functional groups attached to an aromatic ring is 1. The normalized spacial score (nSPS) is 18.5. The fraction of sp³-hybridized carbons (Fsp3) is 0.300. The molecule has 0 radical (unpaired) electrons. The van der Waals surface area contributed by atoms with Crippen molar-refractivity contribution in [3.05, 3.63) is 41.7 Å². The fourth-order valence-corrected chi connectivity index (χ4v) is 4.42. The molecule has 1 spiro atoms. The fourth-order valence-electron chi connectivity index (χ4n) is 4.15. The monoisotopic (exact) mass is 397 g/mol. The lowest BCUT2D eigenvalue weighted by atomic mass is 9.91. The van der Waals surface area contributed by atoms with Crippen molar-refractivity contribution in [3.63, 3.8) is 0 Å². The molecule has 2 fully saturated rings. The van der Waals surface area contributed by atoms with E-state index in [4.69, 9.17) is 22.1 Å². The van der Waals surface area contributed by atoms with Gasteiger partial charge in [0.2, 0.25) is 0 Å². The van der Waals surface area contributed by atoms with Crippen LogP contribution in [-0.2, 0) is 4.74 Å². The van der Waals surface area contributed by atoms with Gasteiger partial charge in [0.05, 0.1) is 12.2 Å². The molecule has 0 unspecified atom stereocenters. The number of aromatic amines is 1. The molecular formula is C20H20ClN5O2. The quantitative estimate of drug-likeness (QED) is 0.614. The highest BCUT2D eigenvalue weighted by Crippen LogP contribution is 2.42. The van der Waals surface area contributed by atoms with E-state index < -0.39 is 5.60 Å². The van der Waals surface area contributed by atoms with Crippen molar-refractivity contribution in [3.8, 4) is 11.1 Å². The van der Waals surface area contributed by atoms with Gasteiger partial charge in [-0.15, -0.1) is 0 Å². The van der Waals surface area contributed by atoms with Crippen molar-refractivity contribution in [2.75, 3.05) is 30.3 Å². The first-order chi connectivity index (χ1) is 13.5. The number of amides is 1. The van der Waals surface area contributed by atoms with E-state index in [0.29, 0.717) is 17.4 Å². The second-order valence-electron chi connectivity index (χ2n) is 7.41. The van der Waals surface area contributed by atoms with Crippen LogP contribution in [0.1, 0.15) is 12.8 Å². The van der Waals surface area contributed by atoms with Crippen molar-refractivity contribution < 1.29 is 9.53 Å². The van der Waals surface area contributed by atoms with Gasteiger partial charge >= 0.3 is 6.09 Å². The third kappa shape index (κ3) is 2.74. The number of nitrogens with two attached hydrogens (primary N) is 1. The number of H-pyrrole nitrogens is 1. The molecule has 0 aliphatic carbocycles. The van der Waals surface area contributed by atoms with Crippen molar-refractivity contribution in [2.24, 2.45) is 0 Å². The predicted octanol–water partition coefficient (Wildman–Crippen LogP) is 3.54. The first kappa shape index (κ1) is 17.2. The van der Waals surface area contributed by atoms with E-state index in [1.807, 2.05) is 12.3 Å². The van der Waals surface area contributed by atoms with Crippen molar-refractivity contribution in [1.82, 2.24) is 15.3 Å². The van der Waals surface area contributed by atoms with Crippen LogP contribution < -0.4 is 16.0 Å². The lowest BCUT2D eigenvalue weighted by Crippen LogP contribution is -2.47. The molecule has 2 saturated heterocycles. The second-order valence-corrected chi connectivity index (χ2v) is 7.79. The molecule has 1 aromatic carbocycles. The summed E-state index contributed by atoms with van der Waals surface area (Å²) in [5, 5.41) is 4.38. The summed E-state index contributed by atoms with van der Waals surface area (Å²) in [5.74, 6) is 0.315. The maximum atomic E-state index is 11.5. The number of hydrogen-bond acceptors (Lipinski definition) is 5. The Morgan fingerprint density at radius 3 is 2.82 bits per heavy atom. The Hall–Kier alpha value is -2.93. The SMILES string of the molecule is Nc1ncc(-c2ccc3cc[nH]c3c2)c(N2CCC3(CC2)CNC(=O)O3)c1Cl. The lowest BCUT2D eigenvalue weighted by Gasteiger charge is -2.39. The summed E-state index contributed by atoms with van der Waals surface area (Å²) < 4.78 is 5.53. The van der Waals surface area contributed by atoms with Gasteiger partial charge in [-0.25, -0.2) is 9.78 Å². The number of fused-ring (bicyclic) bond motifs is 1. The number of alkyl carbamates (subject to hydrolysis) is 1. The molecule has 2 aliphatic rings. The summed E-state index contributed by atoms with van der Waals surface area (Å²) in [7, 11) is 0. The number of halogens is 1. The van der Waals surface area contributed by atoms with Crippen LogP contribution in [0.15, 0.2) is 36.7 Å². The number of rotatable bonds is 2. The van der Waals surface area contributed by atoms with Crippen LogP contribution >= 0.6 is 11.6 Å². The van der Waals surface area contributed by atoms with Gasteiger partial charge in [0, 0.05) is 49.4 Å².